The van der Waals surface area contributed by atoms with Crippen molar-refractivity contribution in [2.45, 2.75) is 6.92 Å². The van der Waals surface area contributed by atoms with Gasteiger partial charge < -0.3 is 15.2 Å². The van der Waals surface area contributed by atoms with Crippen LogP contribution in [0, 0.1) is 0 Å². The van der Waals surface area contributed by atoms with E-state index in [2.05, 4.69) is 10.6 Å². The second kappa shape index (κ2) is 5.05. The molecule has 0 bridgehead atoms. The zero-order valence-electron chi connectivity index (χ0n) is 9.69. The molecule has 0 aromatic heterocycles. The van der Waals surface area contributed by atoms with Crippen molar-refractivity contribution in [3.05, 3.63) is 29.5 Å². The van der Waals surface area contributed by atoms with Crippen molar-refractivity contribution in [1.29, 1.82) is 0 Å². The highest BCUT2D eigenvalue weighted by molar-refractivity contribution is 7.80. The molecule has 3 N–H and O–H groups in total. The first-order valence-electron chi connectivity index (χ1n) is 5.40. The van der Waals surface area contributed by atoms with Crippen molar-refractivity contribution < 1.29 is 14.6 Å². The molecule has 6 heteroatoms. The van der Waals surface area contributed by atoms with Crippen LogP contribution < -0.4 is 15.4 Å². The maximum Gasteiger partial charge on any atom is 0.273 e. The zero-order valence-corrected chi connectivity index (χ0v) is 10.5. The normalized spacial score (nSPS) is 16.6. The Labute approximate surface area is 109 Å². The van der Waals surface area contributed by atoms with Gasteiger partial charge in [-0.1, -0.05) is 12.1 Å². The number of phenolic OH excluding ortho intramolecular Hbond substituents is 1. The number of carbonyl (C=O) groups is 1. The van der Waals surface area contributed by atoms with Crippen LogP contribution in [0.1, 0.15) is 12.5 Å². The Hall–Kier alpha value is -2.08. The van der Waals surface area contributed by atoms with E-state index in [-0.39, 0.29) is 16.8 Å². The second-order valence-electron chi connectivity index (χ2n) is 3.59. The van der Waals surface area contributed by atoms with Crippen LogP contribution in [-0.2, 0) is 4.79 Å². The molecular weight excluding hydrogens is 252 g/mol. The molecule has 0 unspecified atom stereocenters. The van der Waals surface area contributed by atoms with Gasteiger partial charge in [0.2, 0.25) is 0 Å². The zero-order chi connectivity index (χ0) is 13.1. The molecule has 0 radical (unpaired) electrons. The minimum Gasteiger partial charge on any atom is -0.504 e. The fourth-order valence-electron chi connectivity index (χ4n) is 1.57. The van der Waals surface area contributed by atoms with E-state index < -0.39 is 0 Å². The van der Waals surface area contributed by atoms with Crippen molar-refractivity contribution >= 4 is 29.3 Å². The van der Waals surface area contributed by atoms with Crippen molar-refractivity contribution in [2.24, 2.45) is 0 Å². The van der Waals surface area contributed by atoms with Gasteiger partial charge in [0.05, 0.1) is 6.61 Å². The number of amides is 1. The summed E-state index contributed by atoms with van der Waals surface area (Å²) in [5, 5.41) is 15.4. The van der Waals surface area contributed by atoms with E-state index in [1.54, 1.807) is 18.2 Å². The molecule has 1 fully saturated rings. The van der Waals surface area contributed by atoms with Crippen LogP contribution in [0.4, 0.5) is 0 Å². The largest absolute Gasteiger partial charge is 0.504 e. The van der Waals surface area contributed by atoms with E-state index in [0.717, 1.165) is 0 Å². The molecule has 1 heterocycles. The van der Waals surface area contributed by atoms with Crippen LogP contribution >= 0.6 is 12.2 Å². The molecule has 1 aliphatic heterocycles. The number of thiocarbonyl (C=S) groups is 1. The van der Waals surface area contributed by atoms with E-state index >= 15 is 0 Å². The molecule has 2 rings (SSSR count). The van der Waals surface area contributed by atoms with Gasteiger partial charge in [-0.05, 0) is 31.3 Å². The molecule has 1 aromatic carbocycles. The number of carbonyl (C=O) groups excluding carboxylic acids is 1. The lowest BCUT2D eigenvalue weighted by Gasteiger charge is -2.07. The van der Waals surface area contributed by atoms with Crippen LogP contribution in [-0.4, -0.2) is 22.7 Å². The van der Waals surface area contributed by atoms with Crippen molar-refractivity contribution in [3.8, 4) is 11.5 Å². The molecule has 1 aromatic rings. The topological polar surface area (TPSA) is 70.6 Å². The monoisotopic (exact) mass is 264 g/mol. The number of hydrogen-bond acceptors (Lipinski definition) is 4. The average molecular weight is 264 g/mol. The number of aromatic hydroxyl groups is 1. The first-order valence-corrected chi connectivity index (χ1v) is 5.81. The minimum absolute atomic E-state index is 0.000677. The van der Waals surface area contributed by atoms with Gasteiger partial charge in [0, 0.05) is 5.56 Å². The van der Waals surface area contributed by atoms with Gasteiger partial charge in [-0.2, -0.15) is 0 Å². The number of phenols is 1. The fourth-order valence-corrected chi connectivity index (χ4v) is 1.77. The van der Waals surface area contributed by atoms with Crippen molar-refractivity contribution in [3.63, 3.8) is 0 Å². The molecule has 0 aliphatic carbocycles. The fraction of sp³-hybridized carbons (Fsp3) is 0.167. The van der Waals surface area contributed by atoms with Gasteiger partial charge >= 0.3 is 0 Å². The molecular formula is C12H12N2O3S. The molecule has 0 atom stereocenters. The SMILES string of the molecule is CCOc1cccc(/C=C2/NC(=S)NC2=O)c1O. The predicted octanol–water partition coefficient (Wildman–Crippen LogP) is 1.14. The third kappa shape index (κ3) is 2.43. The van der Waals surface area contributed by atoms with Crippen LogP contribution in [0.3, 0.4) is 0 Å². The number of hydrogen-bond donors (Lipinski definition) is 3. The lowest BCUT2D eigenvalue weighted by Crippen LogP contribution is -2.21. The van der Waals surface area contributed by atoms with Gasteiger partial charge in [0.1, 0.15) is 5.70 Å². The predicted molar refractivity (Wildman–Crippen MR) is 71.1 cm³/mol. The first-order chi connectivity index (χ1) is 8.61. The summed E-state index contributed by atoms with van der Waals surface area (Å²) in [6.07, 6.45) is 1.52. The van der Waals surface area contributed by atoms with Crippen LogP contribution in [0.5, 0.6) is 11.5 Å². The highest BCUT2D eigenvalue weighted by Gasteiger charge is 2.20. The van der Waals surface area contributed by atoms with Gasteiger partial charge in [-0.3, -0.25) is 10.1 Å². The number of para-hydroxylation sites is 1. The Morgan fingerprint density at radius 1 is 1.44 bits per heavy atom. The van der Waals surface area contributed by atoms with Gasteiger partial charge in [0.15, 0.2) is 16.6 Å². The van der Waals surface area contributed by atoms with E-state index in [9.17, 15) is 9.90 Å². The quantitative estimate of drug-likeness (QED) is 0.564. The molecule has 18 heavy (non-hydrogen) atoms. The highest BCUT2D eigenvalue weighted by Crippen LogP contribution is 2.31. The van der Waals surface area contributed by atoms with E-state index in [0.29, 0.717) is 23.6 Å². The van der Waals surface area contributed by atoms with Crippen LogP contribution in [0.25, 0.3) is 6.08 Å². The molecule has 5 nitrogen and oxygen atoms in total. The van der Waals surface area contributed by atoms with Crippen molar-refractivity contribution in [2.75, 3.05) is 6.61 Å². The second-order valence-corrected chi connectivity index (χ2v) is 4.00. The lowest BCUT2D eigenvalue weighted by molar-refractivity contribution is -0.115. The first kappa shape index (κ1) is 12.4. The number of rotatable bonds is 3. The summed E-state index contributed by atoms with van der Waals surface area (Å²) < 4.78 is 5.26. The maximum atomic E-state index is 11.5. The number of ether oxygens (including phenoxy) is 1. The summed E-state index contributed by atoms with van der Waals surface area (Å²) in [5.41, 5.74) is 0.784. The third-order valence-corrected chi connectivity index (χ3v) is 2.55. The molecule has 1 saturated heterocycles. The Morgan fingerprint density at radius 3 is 2.83 bits per heavy atom. The van der Waals surface area contributed by atoms with Crippen molar-refractivity contribution in [1.82, 2.24) is 10.6 Å². The Morgan fingerprint density at radius 2 is 2.22 bits per heavy atom. The number of nitrogens with one attached hydrogen (secondary N) is 2. The Balaban J connectivity index is 2.35. The smallest absolute Gasteiger partial charge is 0.273 e. The highest BCUT2D eigenvalue weighted by atomic mass is 32.1. The molecule has 1 amide bonds. The maximum absolute atomic E-state index is 11.5. The Kier molecular flexibility index (Phi) is 3.47. The van der Waals surface area contributed by atoms with Gasteiger partial charge in [-0.15, -0.1) is 0 Å². The summed E-state index contributed by atoms with van der Waals surface area (Å²) in [6, 6.07) is 5.08. The average Bonchev–Trinajstić information content (AvgIpc) is 2.63. The molecule has 0 spiro atoms. The Bertz CT molecular complexity index is 540. The van der Waals surface area contributed by atoms with Crippen LogP contribution in [0.2, 0.25) is 0 Å². The van der Waals surface area contributed by atoms with Gasteiger partial charge in [0.25, 0.3) is 5.91 Å². The van der Waals surface area contributed by atoms with E-state index in [1.165, 1.54) is 6.08 Å². The van der Waals surface area contributed by atoms with Crippen LogP contribution in [0.15, 0.2) is 23.9 Å². The van der Waals surface area contributed by atoms with E-state index in [1.807, 2.05) is 6.92 Å². The summed E-state index contributed by atoms with van der Waals surface area (Å²) >= 11 is 4.82. The third-order valence-electron chi connectivity index (χ3n) is 2.35. The molecule has 94 valence electrons. The number of benzene rings is 1. The minimum atomic E-state index is -0.318. The van der Waals surface area contributed by atoms with Gasteiger partial charge in [-0.25, -0.2) is 0 Å². The molecule has 0 saturated carbocycles. The summed E-state index contributed by atoms with van der Waals surface area (Å²) in [4.78, 5) is 11.5. The molecule has 1 aliphatic rings. The standard InChI is InChI=1S/C12H12N2O3S/c1-2-17-9-5-3-4-7(10(9)15)6-8-11(16)14-12(18)13-8/h3-6,15H,2H2,1H3,(H2,13,14,16,18)/b8-6+. The summed E-state index contributed by atoms with van der Waals surface area (Å²) in [5.74, 6) is 0.0633. The van der Waals surface area contributed by atoms with E-state index in [4.69, 9.17) is 17.0 Å². The lowest BCUT2D eigenvalue weighted by atomic mass is 10.1. The summed E-state index contributed by atoms with van der Waals surface area (Å²) in [6.45, 7) is 2.28. The summed E-state index contributed by atoms with van der Waals surface area (Å²) in [7, 11) is 0.